The minimum absolute atomic E-state index is 0.333. The second-order valence-electron chi connectivity index (χ2n) is 8.51. The maximum absolute atomic E-state index is 12.4. The lowest BCUT2D eigenvalue weighted by Gasteiger charge is -2.40. The lowest BCUT2D eigenvalue weighted by atomic mass is 10.0. The maximum Gasteiger partial charge on any atom is 0.223 e. The van der Waals surface area contributed by atoms with E-state index in [2.05, 4.69) is 52.5 Å². The fourth-order valence-corrected chi connectivity index (χ4v) is 5.21. The Labute approximate surface area is 157 Å². The van der Waals surface area contributed by atoms with Crippen LogP contribution in [0, 0.1) is 17.8 Å². The Morgan fingerprint density at radius 1 is 1.12 bits per heavy atom. The van der Waals surface area contributed by atoms with Gasteiger partial charge in [-0.25, -0.2) is 0 Å². The molecule has 0 radical (unpaired) electrons. The van der Waals surface area contributed by atoms with Gasteiger partial charge < -0.3 is 10.2 Å². The third-order valence-corrected chi connectivity index (χ3v) is 6.76. The van der Waals surface area contributed by atoms with Crippen LogP contribution in [0.1, 0.15) is 43.7 Å². The van der Waals surface area contributed by atoms with Crippen LogP contribution in [-0.2, 0) is 4.79 Å². The van der Waals surface area contributed by atoms with Crippen molar-refractivity contribution in [2.24, 2.45) is 17.8 Å². The van der Waals surface area contributed by atoms with Crippen molar-refractivity contribution in [2.45, 2.75) is 38.1 Å². The highest BCUT2D eigenvalue weighted by Gasteiger charge is 2.54. The van der Waals surface area contributed by atoms with Crippen molar-refractivity contribution in [2.75, 3.05) is 39.8 Å². The maximum atomic E-state index is 12.4. The van der Waals surface area contributed by atoms with Gasteiger partial charge in [0.2, 0.25) is 5.91 Å². The summed E-state index contributed by atoms with van der Waals surface area (Å²) in [7, 11) is 2.21. The van der Waals surface area contributed by atoms with Gasteiger partial charge in [-0.05, 0) is 43.7 Å². The van der Waals surface area contributed by atoms with E-state index in [-0.39, 0.29) is 0 Å². The van der Waals surface area contributed by atoms with Gasteiger partial charge >= 0.3 is 0 Å². The summed E-state index contributed by atoms with van der Waals surface area (Å²) in [5.74, 6) is 2.10. The average Bonchev–Trinajstić information content (AvgIpc) is 3.41. The number of nitrogens with one attached hydrogen (secondary N) is 1. The number of carbonyl (C=O) groups excluding carboxylic acids is 1. The molecule has 26 heavy (non-hydrogen) atoms. The zero-order chi connectivity index (χ0) is 17.9. The highest BCUT2D eigenvalue weighted by molar-refractivity contribution is 5.82. The molecular weight excluding hydrogens is 322 g/mol. The topological polar surface area (TPSA) is 35.6 Å². The summed E-state index contributed by atoms with van der Waals surface area (Å²) in [5, 5.41) is 3.23. The van der Waals surface area contributed by atoms with Crippen molar-refractivity contribution in [1.29, 1.82) is 0 Å². The Bertz CT molecular complexity index is 593. The minimum Gasteiger partial charge on any atom is -0.356 e. The molecule has 4 heteroatoms. The molecule has 0 spiro atoms. The van der Waals surface area contributed by atoms with E-state index >= 15 is 0 Å². The van der Waals surface area contributed by atoms with Crippen LogP contribution in [0.3, 0.4) is 0 Å². The van der Waals surface area contributed by atoms with Gasteiger partial charge in [0.25, 0.3) is 0 Å². The van der Waals surface area contributed by atoms with Crippen molar-refractivity contribution in [3.8, 4) is 0 Å². The van der Waals surface area contributed by atoms with Crippen LogP contribution in [0.15, 0.2) is 30.3 Å². The molecule has 1 saturated heterocycles. The Morgan fingerprint density at radius 2 is 1.85 bits per heavy atom. The van der Waals surface area contributed by atoms with Crippen LogP contribution in [0.4, 0.5) is 0 Å². The number of rotatable bonds is 6. The fraction of sp³-hybridized carbons (Fsp3) is 0.682. The molecule has 1 amide bonds. The first-order chi connectivity index (χ1) is 12.7. The molecule has 3 atom stereocenters. The smallest absolute Gasteiger partial charge is 0.223 e. The first-order valence-corrected chi connectivity index (χ1v) is 10.5. The van der Waals surface area contributed by atoms with E-state index in [0.29, 0.717) is 29.7 Å². The average molecular weight is 356 g/mol. The quantitative estimate of drug-likeness (QED) is 0.797. The zero-order valence-electron chi connectivity index (χ0n) is 16.1. The van der Waals surface area contributed by atoms with Gasteiger partial charge in [0.05, 0.1) is 0 Å². The molecule has 3 aliphatic rings. The van der Waals surface area contributed by atoms with E-state index in [9.17, 15) is 4.79 Å². The van der Waals surface area contributed by atoms with Crippen LogP contribution in [0.25, 0.3) is 0 Å². The monoisotopic (exact) mass is 355 g/mol. The van der Waals surface area contributed by atoms with Crippen LogP contribution >= 0.6 is 0 Å². The second kappa shape index (κ2) is 8.10. The van der Waals surface area contributed by atoms with Gasteiger partial charge in [-0.3, -0.25) is 9.69 Å². The van der Waals surface area contributed by atoms with Gasteiger partial charge in [0.1, 0.15) is 0 Å². The first kappa shape index (κ1) is 18.0. The summed E-state index contributed by atoms with van der Waals surface area (Å²) in [6.45, 7) is 5.20. The zero-order valence-corrected chi connectivity index (χ0v) is 16.1. The van der Waals surface area contributed by atoms with Crippen molar-refractivity contribution in [3.63, 3.8) is 0 Å². The third kappa shape index (κ3) is 3.96. The van der Waals surface area contributed by atoms with Crippen LogP contribution in [-0.4, -0.2) is 55.5 Å². The summed E-state index contributed by atoms with van der Waals surface area (Å²) < 4.78 is 0. The number of carbonyl (C=O) groups is 1. The molecule has 0 bridgehead atoms. The Morgan fingerprint density at radius 3 is 2.58 bits per heavy atom. The molecule has 142 valence electrons. The molecule has 1 aromatic rings. The Kier molecular flexibility index (Phi) is 5.60. The number of piperazine rings is 1. The SMILES string of the molecule is CN1CCN(CCCNC(=O)C2C3CCCCC32)C(c2ccccc2)C1. The number of hydrogen-bond donors (Lipinski definition) is 1. The number of benzene rings is 1. The highest BCUT2D eigenvalue weighted by Crippen LogP contribution is 2.55. The van der Waals surface area contributed by atoms with Gasteiger partial charge in [0.15, 0.2) is 0 Å². The predicted octanol–water partition coefficient (Wildman–Crippen LogP) is 2.92. The van der Waals surface area contributed by atoms with Gasteiger partial charge in [-0.1, -0.05) is 43.2 Å². The minimum atomic E-state index is 0.333. The second-order valence-corrected chi connectivity index (χ2v) is 8.51. The normalized spacial score (nSPS) is 32.0. The van der Waals surface area contributed by atoms with E-state index in [1.54, 1.807) is 0 Å². The number of amides is 1. The number of hydrogen-bond acceptors (Lipinski definition) is 3. The predicted molar refractivity (Wildman–Crippen MR) is 105 cm³/mol. The fourth-order valence-electron chi connectivity index (χ4n) is 5.21. The largest absolute Gasteiger partial charge is 0.356 e. The summed E-state index contributed by atoms with van der Waals surface area (Å²) >= 11 is 0. The number of nitrogens with zero attached hydrogens (tertiary/aromatic N) is 2. The molecule has 1 aromatic carbocycles. The summed E-state index contributed by atoms with van der Waals surface area (Å²) in [6, 6.07) is 11.3. The number of fused-ring (bicyclic) bond motifs is 1. The Balaban J connectivity index is 1.23. The summed E-state index contributed by atoms with van der Waals surface area (Å²) in [6.07, 6.45) is 6.26. The van der Waals surface area contributed by atoms with Gasteiger partial charge in [-0.15, -0.1) is 0 Å². The van der Waals surface area contributed by atoms with E-state index in [0.717, 1.165) is 39.1 Å². The first-order valence-electron chi connectivity index (χ1n) is 10.5. The molecule has 4 nitrogen and oxygen atoms in total. The lowest BCUT2D eigenvalue weighted by Crippen LogP contribution is -2.47. The van der Waals surface area contributed by atoms with E-state index in [1.165, 1.54) is 31.2 Å². The molecule has 4 rings (SSSR count). The molecule has 1 N–H and O–H groups in total. The molecule has 2 saturated carbocycles. The van der Waals surface area contributed by atoms with E-state index in [4.69, 9.17) is 0 Å². The molecule has 3 fully saturated rings. The van der Waals surface area contributed by atoms with Gasteiger partial charge in [0, 0.05) is 44.7 Å². The number of likely N-dealkylation sites (N-methyl/N-ethyl adjacent to an activating group) is 1. The van der Waals surface area contributed by atoms with Gasteiger partial charge in [-0.2, -0.15) is 0 Å². The molecule has 1 aliphatic heterocycles. The van der Waals surface area contributed by atoms with Crippen molar-refractivity contribution in [1.82, 2.24) is 15.1 Å². The standard InChI is InChI=1S/C22H33N3O/c1-24-14-15-25(20(16-24)17-8-3-2-4-9-17)13-7-12-23-22(26)21-18-10-5-6-11-19(18)21/h2-4,8-9,18-21H,5-7,10-16H2,1H3,(H,23,26). The lowest BCUT2D eigenvalue weighted by molar-refractivity contribution is -0.122. The van der Waals surface area contributed by atoms with Crippen LogP contribution in [0.2, 0.25) is 0 Å². The van der Waals surface area contributed by atoms with Crippen LogP contribution in [0.5, 0.6) is 0 Å². The summed E-state index contributed by atoms with van der Waals surface area (Å²) in [5.41, 5.74) is 1.41. The molecule has 0 aromatic heterocycles. The van der Waals surface area contributed by atoms with E-state index < -0.39 is 0 Å². The molecule has 1 heterocycles. The molecular formula is C22H33N3O. The molecule has 2 aliphatic carbocycles. The van der Waals surface area contributed by atoms with Crippen molar-refractivity contribution < 1.29 is 4.79 Å². The van der Waals surface area contributed by atoms with E-state index in [1.807, 2.05) is 0 Å². The third-order valence-electron chi connectivity index (χ3n) is 6.76. The van der Waals surface area contributed by atoms with Crippen molar-refractivity contribution >= 4 is 5.91 Å². The summed E-state index contributed by atoms with van der Waals surface area (Å²) in [4.78, 5) is 17.4. The highest BCUT2D eigenvalue weighted by atomic mass is 16.2. The molecule has 3 unspecified atom stereocenters. The van der Waals surface area contributed by atoms with Crippen molar-refractivity contribution in [3.05, 3.63) is 35.9 Å². The van der Waals surface area contributed by atoms with Crippen LogP contribution < -0.4 is 5.32 Å². The Hall–Kier alpha value is -1.39.